The van der Waals surface area contributed by atoms with Gasteiger partial charge in [-0.15, -0.1) is 0 Å². The average Bonchev–Trinajstić information content (AvgIpc) is 2.34. The Morgan fingerprint density at radius 3 is 2.47 bits per heavy atom. The van der Waals surface area contributed by atoms with Crippen molar-refractivity contribution in [3.63, 3.8) is 0 Å². The molecular weight excluding hydrogens is 259 g/mol. The Bertz CT molecular complexity index is 410. The van der Waals surface area contributed by atoms with Gasteiger partial charge in [0.05, 0.1) is 5.56 Å². The molecule has 0 amide bonds. The van der Waals surface area contributed by atoms with E-state index in [0.717, 1.165) is 12.1 Å². The second kappa shape index (κ2) is 6.60. The molecule has 7 heteroatoms. The zero-order chi connectivity index (χ0) is 14.5. The molecule has 3 N–H and O–H groups in total. The molecule has 0 bridgehead atoms. The Hall–Kier alpha value is -1.50. The lowest BCUT2D eigenvalue weighted by Crippen LogP contribution is -2.18. The second-order valence-electron chi connectivity index (χ2n) is 4.29. The second-order valence-corrected chi connectivity index (χ2v) is 4.29. The molecule has 4 nitrogen and oxygen atoms in total. The third kappa shape index (κ3) is 4.94. The zero-order valence-electron chi connectivity index (χ0n) is 10.9. The fourth-order valence-electron chi connectivity index (χ4n) is 1.62. The summed E-state index contributed by atoms with van der Waals surface area (Å²) in [7, 11) is 1.52. The first-order chi connectivity index (χ1) is 8.86. The van der Waals surface area contributed by atoms with Crippen molar-refractivity contribution in [2.75, 3.05) is 24.3 Å². The number of nitrogens with zero attached hydrogens (tertiary/aromatic N) is 1. The van der Waals surface area contributed by atoms with Crippen molar-refractivity contribution in [3.8, 4) is 0 Å². The molecule has 19 heavy (non-hydrogen) atoms. The molecule has 0 saturated heterocycles. The van der Waals surface area contributed by atoms with Gasteiger partial charge in [-0.25, -0.2) is 4.98 Å². The highest BCUT2D eigenvalue weighted by atomic mass is 19.4. The molecule has 108 valence electrons. The molecule has 0 aliphatic rings. The molecule has 0 aliphatic carbocycles. The summed E-state index contributed by atoms with van der Waals surface area (Å²) in [5.41, 5.74) is -0.747. The van der Waals surface area contributed by atoms with Gasteiger partial charge in [0.15, 0.2) is 0 Å². The Balaban J connectivity index is 2.88. The minimum absolute atomic E-state index is 0.0593. The van der Waals surface area contributed by atoms with Gasteiger partial charge in [0.1, 0.15) is 11.6 Å². The van der Waals surface area contributed by atoms with Crippen LogP contribution >= 0.6 is 0 Å². The molecule has 0 radical (unpaired) electrons. The number of alkyl halides is 3. The molecular formula is C12H18F3N3O. The molecule has 0 saturated carbocycles. The van der Waals surface area contributed by atoms with E-state index in [-0.39, 0.29) is 24.3 Å². The number of pyridine rings is 1. The highest BCUT2D eigenvalue weighted by Gasteiger charge is 2.31. The molecule has 0 aliphatic heterocycles. The maximum atomic E-state index is 12.7. The van der Waals surface area contributed by atoms with Crippen LogP contribution in [-0.4, -0.2) is 29.8 Å². The first kappa shape index (κ1) is 15.6. The van der Waals surface area contributed by atoms with E-state index in [0.29, 0.717) is 12.8 Å². The molecule has 0 aromatic carbocycles. The number of aliphatic hydroxyl groups is 1. The molecule has 1 rings (SSSR count). The van der Waals surface area contributed by atoms with Crippen LogP contribution in [-0.2, 0) is 6.18 Å². The van der Waals surface area contributed by atoms with Crippen LogP contribution in [0.4, 0.5) is 24.8 Å². The highest BCUT2D eigenvalue weighted by molar-refractivity contribution is 5.49. The first-order valence-corrected chi connectivity index (χ1v) is 6.01. The molecule has 0 fully saturated rings. The lowest BCUT2D eigenvalue weighted by molar-refractivity contribution is -0.137. The molecule has 1 atom stereocenters. The number of hydrogen-bond acceptors (Lipinski definition) is 4. The monoisotopic (exact) mass is 277 g/mol. The Labute approximate surface area is 110 Å². The van der Waals surface area contributed by atoms with E-state index < -0.39 is 11.7 Å². The van der Waals surface area contributed by atoms with Crippen molar-refractivity contribution < 1.29 is 18.3 Å². The van der Waals surface area contributed by atoms with Crippen LogP contribution in [0.1, 0.15) is 25.3 Å². The molecule has 1 aromatic rings. The predicted octanol–water partition coefficient (Wildman–Crippen LogP) is 2.72. The Kier molecular flexibility index (Phi) is 5.41. The van der Waals surface area contributed by atoms with Gasteiger partial charge in [0, 0.05) is 19.7 Å². The van der Waals surface area contributed by atoms with E-state index in [1.165, 1.54) is 7.05 Å². The molecule has 1 heterocycles. The van der Waals surface area contributed by atoms with Gasteiger partial charge in [0.2, 0.25) is 0 Å². The number of rotatable bonds is 6. The van der Waals surface area contributed by atoms with E-state index >= 15 is 0 Å². The van der Waals surface area contributed by atoms with Crippen molar-refractivity contribution in [1.29, 1.82) is 0 Å². The van der Waals surface area contributed by atoms with Gasteiger partial charge in [0.25, 0.3) is 0 Å². The van der Waals surface area contributed by atoms with E-state index in [4.69, 9.17) is 5.11 Å². The highest BCUT2D eigenvalue weighted by Crippen LogP contribution is 2.32. The minimum atomic E-state index is -4.40. The van der Waals surface area contributed by atoms with Crippen LogP contribution in [0.5, 0.6) is 0 Å². The van der Waals surface area contributed by atoms with Gasteiger partial charge < -0.3 is 15.7 Å². The van der Waals surface area contributed by atoms with Crippen molar-refractivity contribution >= 4 is 11.6 Å². The number of aromatic nitrogens is 1. The summed E-state index contributed by atoms with van der Waals surface area (Å²) in [6.07, 6.45) is -3.16. The van der Waals surface area contributed by atoms with Crippen LogP contribution < -0.4 is 10.6 Å². The van der Waals surface area contributed by atoms with Gasteiger partial charge in [-0.2, -0.15) is 13.2 Å². The van der Waals surface area contributed by atoms with Gasteiger partial charge in [-0.05, 0) is 31.9 Å². The summed E-state index contributed by atoms with van der Waals surface area (Å²) in [4.78, 5) is 4.03. The summed E-state index contributed by atoms with van der Waals surface area (Å²) in [6, 6.07) is 1.88. The van der Waals surface area contributed by atoms with Gasteiger partial charge >= 0.3 is 6.18 Å². The van der Waals surface area contributed by atoms with Crippen LogP contribution in [0.15, 0.2) is 12.1 Å². The lowest BCUT2D eigenvalue weighted by Gasteiger charge is -2.16. The SMILES string of the molecule is CNc1cc(C(F)(F)F)cc(NC(C)CCCO)n1. The summed E-state index contributed by atoms with van der Waals surface area (Å²) in [5.74, 6) is 0.330. The average molecular weight is 277 g/mol. The van der Waals surface area contributed by atoms with Crippen LogP contribution in [0.3, 0.4) is 0 Å². The van der Waals surface area contributed by atoms with Crippen molar-refractivity contribution in [3.05, 3.63) is 17.7 Å². The number of anilines is 2. The fourth-order valence-corrected chi connectivity index (χ4v) is 1.62. The first-order valence-electron chi connectivity index (χ1n) is 6.01. The fraction of sp³-hybridized carbons (Fsp3) is 0.583. The van der Waals surface area contributed by atoms with Crippen LogP contribution in [0.2, 0.25) is 0 Å². The third-order valence-corrected chi connectivity index (χ3v) is 2.60. The smallest absolute Gasteiger partial charge is 0.396 e. The molecule has 0 spiro atoms. The van der Waals surface area contributed by atoms with Crippen molar-refractivity contribution in [2.45, 2.75) is 32.0 Å². The van der Waals surface area contributed by atoms with E-state index in [1.807, 2.05) is 6.92 Å². The number of nitrogens with one attached hydrogen (secondary N) is 2. The normalized spacial score (nSPS) is 13.2. The summed E-state index contributed by atoms with van der Waals surface area (Å²) in [5, 5.41) is 14.2. The maximum Gasteiger partial charge on any atom is 0.416 e. The lowest BCUT2D eigenvalue weighted by atomic mass is 10.2. The number of halogens is 3. The third-order valence-electron chi connectivity index (χ3n) is 2.60. The van der Waals surface area contributed by atoms with E-state index in [1.54, 1.807) is 0 Å². The largest absolute Gasteiger partial charge is 0.416 e. The maximum absolute atomic E-state index is 12.7. The Morgan fingerprint density at radius 1 is 1.32 bits per heavy atom. The standard InChI is InChI=1S/C12H18F3N3O/c1-8(4-3-5-19)17-11-7-9(12(13,14)15)6-10(16-2)18-11/h6-8,19H,3-5H2,1-2H3,(H2,16,17,18). The summed E-state index contributed by atoms with van der Waals surface area (Å²) < 4.78 is 38.1. The number of hydrogen-bond donors (Lipinski definition) is 3. The van der Waals surface area contributed by atoms with Crippen molar-refractivity contribution in [2.24, 2.45) is 0 Å². The molecule has 1 unspecified atom stereocenters. The topological polar surface area (TPSA) is 57.2 Å². The van der Waals surface area contributed by atoms with Gasteiger partial charge in [-0.3, -0.25) is 0 Å². The predicted molar refractivity (Wildman–Crippen MR) is 68.2 cm³/mol. The van der Waals surface area contributed by atoms with Crippen LogP contribution in [0, 0.1) is 0 Å². The quantitative estimate of drug-likeness (QED) is 0.748. The summed E-state index contributed by atoms with van der Waals surface area (Å²) in [6.45, 7) is 1.89. The summed E-state index contributed by atoms with van der Waals surface area (Å²) >= 11 is 0. The van der Waals surface area contributed by atoms with Crippen LogP contribution in [0.25, 0.3) is 0 Å². The Morgan fingerprint density at radius 2 is 1.95 bits per heavy atom. The van der Waals surface area contributed by atoms with Crippen molar-refractivity contribution in [1.82, 2.24) is 4.98 Å². The van der Waals surface area contributed by atoms with E-state index in [2.05, 4.69) is 15.6 Å². The minimum Gasteiger partial charge on any atom is -0.396 e. The van der Waals surface area contributed by atoms with E-state index in [9.17, 15) is 13.2 Å². The number of aliphatic hydroxyl groups excluding tert-OH is 1. The molecule has 1 aromatic heterocycles. The van der Waals surface area contributed by atoms with Gasteiger partial charge in [-0.1, -0.05) is 0 Å². The zero-order valence-corrected chi connectivity index (χ0v) is 10.9.